The van der Waals surface area contributed by atoms with Crippen LogP contribution in [0, 0.1) is 5.41 Å². The number of thiophene rings is 1. The van der Waals surface area contributed by atoms with Crippen molar-refractivity contribution in [3.05, 3.63) is 16.3 Å². The number of hydrogen-bond acceptors (Lipinski definition) is 4. The van der Waals surface area contributed by atoms with E-state index in [4.69, 9.17) is 9.84 Å². The van der Waals surface area contributed by atoms with Gasteiger partial charge in [0, 0.05) is 24.6 Å². The number of ether oxygens (including phenoxy) is 1. The summed E-state index contributed by atoms with van der Waals surface area (Å²) in [6.07, 6.45) is 0.668. The van der Waals surface area contributed by atoms with E-state index in [0.29, 0.717) is 23.6 Å². The zero-order valence-electron chi connectivity index (χ0n) is 10.4. The topological polar surface area (TPSA) is 58.6 Å². The fourth-order valence-electron chi connectivity index (χ4n) is 1.34. The van der Waals surface area contributed by atoms with Crippen molar-refractivity contribution < 1.29 is 14.6 Å². The lowest BCUT2D eigenvalue weighted by molar-refractivity contribution is 0.0932. The van der Waals surface area contributed by atoms with Crippen molar-refractivity contribution in [2.24, 2.45) is 5.41 Å². The molecule has 17 heavy (non-hydrogen) atoms. The summed E-state index contributed by atoms with van der Waals surface area (Å²) < 4.78 is 5.03. The minimum atomic E-state index is -0.0932. The number of rotatable bonds is 6. The summed E-state index contributed by atoms with van der Waals surface area (Å²) in [7, 11) is 1.58. The van der Waals surface area contributed by atoms with Gasteiger partial charge in [-0.05, 0) is 11.8 Å². The molecule has 5 heteroatoms. The zero-order valence-corrected chi connectivity index (χ0v) is 11.3. The van der Waals surface area contributed by atoms with Crippen molar-refractivity contribution in [2.45, 2.75) is 20.3 Å². The minimum absolute atomic E-state index is 0.0915. The average molecular weight is 257 g/mol. The molecule has 0 saturated heterocycles. The molecule has 0 aliphatic carbocycles. The summed E-state index contributed by atoms with van der Waals surface area (Å²) in [6, 6.07) is 1.72. The first kappa shape index (κ1) is 14.0. The molecule has 0 unspecified atom stereocenters. The molecule has 1 rings (SSSR count). The minimum Gasteiger partial charge on any atom is -0.496 e. The number of aliphatic hydroxyl groups is 1. The van der Waals surface area contributed by atoms with E-state index in [1.54, 1.807) is 18.6 Å². The normalized spacial score (nSPS) is 11.3. The molecule has 0 aliphatic rings. The van der Waals surface area contributed by atoms with Crippen LogP contribution in [0.15, 0.2) is 11.4 Å². The number of carbonyl (C=O) groups is 1. The summed E-state index contributed by atoms with van der Waals surface area (Å²) in [5.74, 6) is 0.610. The zero-order chi connectivity index (χ0) is 12.9. The Bertz CT molecular complexity index is 374. The first-order valence-electron chi connectivity index (χ1n) is 5.50. The molecule has 1 amide bonds. The van der Waals surface area contributed by atoms with Crippen LogP contribution in [0.3, 0.4) is 0 Å². The Morgan fingerprint density at radius 1 is 1.59 bits per heavy atom. The van der Waals surface area contributed by atoms with Crippen molar-refractivity contribution in [2.75, 3.05) is 20.3 Å². The van der Waals surface area contributed by atoms with Crippen molar-refractivity contribution in [3.63, 3.8) is 0 Å². The van der Waals surface area contributed by atoms with Crippen molar-refractivity contribution in [3.8, 4) is 5.75 Å². The molecule has 0 saturated carbocycles. The highest BCUT2D eigenvalue weighted by Gasteiger charge is 2.19. The van der Waals surface area contributed by atoms with Gasteiger partial charge in [-0.2, -0.15) is 0 Å². The van der Waals surface area contributed by atoms with E-state index in [9.17, 15) is 4.79 Å². The quantitative estimate of drug-likeness (QED) is 0.818. The highest BCUT2D eigenvalue weighted by atomic mass is 32.1. The molecule has 1 heterocycles. The molecule has 0 radical (unpaired) electrons. The Hall–Kier alpha value is -1.07. The van der Waals surface area contributed by atoms with E-state index in [1.165, 1.54) is 11.3 Å². The van der Waals surface area contributed by atoms with Crippen LogP contribution in [0.4, 0.5) is 0 Å². The second kappa shape index (κ2) is 6.02. The third kappa shape index (κ3) is 4.36. The van der Waals surface area contributed by atoms with Crippen molar-refractivity contribution in [1.82, 2.24) is 5.32 Å². The molecule has 0 fully saturated rings. The monoisotopic (exact) mass is 257 g/mol. The molecule has 96 valence electrons. The fourth-order valence-corrected chi connectivity index (χ4v) is 2.11. The standard InChI is InChI=1S/C12H19NO3S/c1-12(2,4-5-14)8-13-11(15)10-6-9(16-3)7-17-10/h6-7,14H,4-5,8H2,1-3H3,(H,13,15). The summed E-state index contributed by atoms with van der Waals surface area (Å²) in [5, 5.41) is 13.6. The number of hydrogen-bond donors (Lipinski definition) is 2. The van der Waals surface area contributed by atoms with E-state index in [1.807, 2.05) is 13.8 Å². The largest absolute Gasteiger partial charge is 0.496 e. The molecule has 1 aromatic heterocycles. The van der Waals surface area contributed by atoms with Crippen LogP contribution in [-0.4, -0.2) is 31.3 Å². The van der Waals surface area contributed by atoms with E-state index < -0.39 is 0 Å². The summed E-state index contributed by atoms with van der Waals surface area (Å²) in [5.41, 5.74) is -0.0915. The second-order valence-electron chi connectivity index (χ2n) is 4.67. The van der Waals surface area contributed by atoms with Gasteiger partial charge in [0.15, 0.2) is 0 Å². The molecule has 2 N–H and O–H groups in total. The maximum Gasteiger partial charge on any atom is 0.261 e. The maximum atomic E-state index is 11.8. The Kier molecular flexibility index (Phi) is 4.96. The highest BCUT2D eigenvalue weighted by molar-refractivity contribution is 7.12. The van der Waals surface area contributed by atoms with Crippen LogP contribution in [0.1, 0.15) is 29.9 Å². The predicted molar refractivity (Wildman–Crippen MR) is 68.7 cm³/mol. The van der Waals surface area contributed by atoms with Crippen LogP contribution < -0.4 is 10.1 Å². The lowest BCUT2D eigenvalue weighted by atomic mass is 9.90. The van der Waals surface area contributed by atoms with Crippen molar-refractivity contribution in [1.29, 1.82) is 0 Å². The smallest absolute Gasteiger partial charge is 0.261 e. The Balaban J connectivity index is 2.49. The van der Waals surface area contributed by atoms with Crippen molar-refractivity contribution >= 4 is 17.2 Å². The van der Waals surface area contributed by atoms with Gasteiger partial charge in [0.1, 0.15) is 5.75 Å². The van der Waals surface area contributed by atoms with Crippen LogP contribution >= 0.6 is 11.3 Å². The van der Waals surface area contributed by atoms with Gasteiger partial charge < -0.3 is 15.2 Å². The number of amides is 1. The summed E-state index contributed by atoms with van der Waals surface area (Å²) in [6.45, 7) is 4.71. The van der Waals surface area contributed by atoms with Gasteiger partial charge >= 0.3 is 0 Å². The van der Waals surface area contributed by atoms with Crippen LogP contribution in [0.5, 0.6) is 5.75 Å². The fraction of sp³-hybridized carbons (Fsp3) is 0.583. The Labute approximate surface area is 106 Å². The van der Waals surface area contributed by atoms with Crippen LogP contribution in [-0.2, 0) is 0 Å². The van der Waals surface area contributed by atoms with Gasteiger partial charge in [-0.1, -0.05) is 13.8 Å². The molecule has 4 nitrogen and oxygen atoms in total. The first-order valence-corrected chi connectivity index (χ1v) is 6.38. The Morgan fingerprint density at radius 2 is 2.29 bits per heavy atom. The molecular formula is C12H19NO3S. The van der Waals surface area contributed by atoms with E-state index in [-0.39, 0.29) is 17.9 Å². The highest BCUT2D eigenvalue weighted by Crippen LogP contribution is 2.22. The number of carbonyl (C=O) groups excluding carboxylic acids is 1. The first-order chi connectivity index (χ1) is 7.98. The van der Waals surface area contributed by atoms with Gasteiger partial charge in [0.2, 0.25) is 0 Å². The third-order valence-corrected chi connectivity index (χ3v) is 3.46. The third-order valence-electron chi connectivity index (χ3n) is 2.55. The second-order valence-corrected chi connectivity index (χ2v) is 5.58. The summed E-state index contributed by atoms with van der Waals surface area (Å²) in [4.78, 5) is 12.4. The van der Waals surface area contributed by atoms with Crippen LogP contribution in [0.2, 0.25) is 0 Å². The van der Waals surface area contributed by atoms with E-state index >= 15 is 0 Å². The number of aliphatic hydroxyl groups excluding tert-OH is 1. The van der Waals surface area contributed by atoms with Gasteiger partial charge in [-0.15, -0.1) is 11.3 Å². The molecule has 0 spiro atoms. The van der Waals surface area contributed by atoms with E-state index in [2.05, 4.69) is 5.32 Å². The van der Waals surface area contributed by atoms with Gasteiger partial charge in [0.25, 0.3) is 5.91 Å². The van der Waals surface area contributed by atoms with Gasteiger partial charge in [0.05, 0.1) is 12.0 Å². The molecular weight excluding hydrogens is 238 g/mol. The lowest BCUT2D eigenvalue weighted by Crippen LogP contribution is -2.34. The molecule has 0 bridgehead atoms. The van der Waals surface area contributed by atoms with E-state index in [0.717, 1.165) is 0 Å². The lowest BCUT2D eigenvalue weighted by Gasteiger charge is -2.23. The molecule has 1 aromatic rings. The molecule has 0 aromatic carbocycles. The Morgan fingerprint density at radius 3 is 2.82 bits per heavy atom. The SMILES string of the molecule is COc1csc(C(=O)NCC(C)(C)CCO)c1. The number of methoxy groups -OCH3 is 1. The molecule has 0 atom stereocenters. The number of nitrogens with one attached hydrogen (secondary N) is 1. The van der Waals surface area contributed by atoms with Gasteiger partial charge in [-0.3, -0.25) is 4.79 Å². The predicted octanol–water partition coefficient (Wildman–Crippen LogP) is 1.90. The molecule has 0 aliphatic heterocycles. The van der Waals surface area contributed by atoms with Gasteiger partial charge in [-0.25, -0.2) is 0 Å². The van der Waals surface area contributed by atoms with Crippen LogP contribution in [0.25, 0.3) is 0 Å². The average Bonchev–Trinajstić information content (AvgIpc) is 2.74. The summed E-state index contributed by atoms with van der Waals surface area (Å²) >= 11 is 1.36. The maximum absolute atomic E-state index is 11.8.